The Morgan fingerprint density at radius 1 is 1.22 bits per heavy atom. The number of nitrogens with zero attached hydrogens (tertiary/aromatic N) is 1. The number of aliphatic hydroxyl groups excluding tert-OH is 4. The molecule has 0 unspecified atom stereocenters. The van der Waals surface area contributed by atoms with E-state index in [0.717, 1.165) is 4.90 Å². The third-order valence-electron chi connectivity index (χ3n) is 3.54. The SMILES string of the molecule is O=C1NCC(=O)N(C[C@H](O)[C@@H](O)[C@H](O)CO)c2ccc(Cl)cc21. The topological polar surface area (TPSA) is 130 Å². The lowest BCUT2D eigenvalue weighted by atomic mass is 10.1. The first-order valence-electron chi connectivity index (χ1n) is 6.88. The van der Waals surface area contributed by atoms with E-state index >= 15 is 0 Å². The molecule has 0 radical (unpaired) electrons. The third-order valence-corrected chi connectivity index (χ3v) is 3.78. The maximum absolute atomic E-state index is 12.2. The molecular formula is C14H17ClN2O6. The van der Waals surface area contributed by atoms with Crippen molar-refractivity contribution in [3.05, 3.63) is 28.8 Å². The predicted octanol–water partition coefficient (Wildman–Crippen LogP) is -1.51. The van der Waals surface area contributed by atoms with Crippen LogP contribution in [0.15, 0.2) is 18.2 Å². The van der Waals surface area contributed by atoms with Crippen molar-refractivity contribution in [1.29, 1.82) is 0 Å². The van der Waals surface area contributed by atoms with Gasteiger partial charge in [-0.3, -0.25) is 9.59 Å². The Morgan fingerprint density at radius 2 is 1.91 bits per heavy atom. The van der Waals surface area contributed by atoms with Gasteiger partial charge in [0, 0.05) is 5.02 Å². The number of fused-ring (bicyclic) bond motifs is 1. The van der Waals surface area contributed by atoms with Crippen LogP contribution in [0.1, 0.15) is 10.4 Å². The van der Waals surface area contributed by atoms with Crippen molar-refractivity contribution < 1.29 is 30.0 Å². The molecule has 0 saturated heterocycles. The van der Waals surface area contributed by atoms with Crippen LogP contribution in [0, 0.1) is 0 Å². The molecule has 0 bridgehead atoms. The van der Waals surface area contributed by atoms with Gasteiger partial charge in [0.2, 0.25) is 5.91 Å². The zero-order valence-corrected chi connectivity index (χ0v) is 12.8. The first-order valence-corrected chi connectivity index (χ1v) is 7.26. The van der Waals surface area contributed by atoms with Crippen molar-refractivity contribution in [2.24, 2.45) is 0 Å². The summed E-state index contributed by atoms with van der Waals surface area (Å²) in [5.74, 6) is -0.979. The Kier molecular flexibility index (Phi) is 5.55. The van der Waals surface area contributed by atoms with E-state index in [-0.39, 0.29) is 24.3 Å². The number of nitrogens with one attached hydrogen (secondary N) is 1. The molecule has 1 aromatic carbocycles. The van der Waals surface area contributed by atoms with Crippen LogP contribution in [0.4, 0.5) is 5.69 Å². The van der Waals surface area contributed by atoms with Crippen LogP contribution >= 0.6 is 11.6 Å². The fourth-order valence-electron chi connectivity index (χ4n) is 2.27. The van der Waals surface area contributed by atoms with Gasteiger partial charge in [0.05, 0.1) is 30.9 Å². The van der Waals surface area contributed by atoms with E-state index in [1.807, 2.05) is 0 Å². The Hall–Kier alpha value is -1.71. The number of hydrogen-bond acceptors (Lipinski definition) is 6. The first-order chi connectivity index (χ1) is 10.8. The van der Waals surface area contributed by atoms with Crippen molar-refractivity contribution >= 4 is 29.1 Å². The number of carbonyl (C=O) groups excluding carboxylic acids is 2. The number of rotatable bonds is 5. The molecular weight excluding hydrogens is 328 g/mol. The average molecular weight is 345 g/mol. The number of carbonyl (C=O) groups is 2. The van der Waals surface area contributed by atoms with Crippen molar-refractivity contribution in [3.63, 3.8) is 0 Å². The summed E-state index contributed by atoms with van der Waals surface area (Å²) in [6, 6.07) is 4.34. The van der Waals surface area contributed by atoms with Gasteiger partial charge >= 0.3 is 0 Å². The maximum Gasteiger partial charge on any atom is 0.253 e. The average Bonchev–Trinajstić information content (AvgIpc) is 2.65. The molecule has 126 valence electrons. The molecule has 2 rings (SSSR count). The van der Waals surface area contributed by atoms with Crippen LogP contribution < -0.4 is 10.2 Å². The van der Waals surface area contributed by atoms with Gasteiger partial charge in [-0.25, -0.2) is 0 Å². The minimum Gasteiger partial charge on any atom is -0.394 e. The number of aliphatic hydroxyl groups is 4. The highest BCUT2D eigenvalue weighted by atomic mass is 35.5. The normalized spacial score (nSPS) is 18.7. The molecule has 5 N–H and O–H groups in total. The summed E-state index contributed by atoms with van der Waals surface area (Å²) >= 11 is 5.86. The Morgan fingerprint density at radius 3 is 2.57 bits per heavy atom. The van der Waals surface area contributed by atoms with Gasteiger partial charge in [0.15, 0.2) is 0 Å². The zero-order chi connectivity index (χ0) is 17.1. The Bertz CT molecular complexity index is 611. The molecule has 1 aliphatic rings. The molecule has 0 spiro atoms. The number of hydrogen-bond donors (Lipinski definition) is 5. The lowest BCUT2D eigenvalue weighted by Gasteiger charge is -2.28. The predicted molar refractivity (Wildman–Crippen MR) is 81.2 cm³/mol. The highest BCUT2D eigenvalue weighted by Gasteiger charge is 2.32. The molecule has 0 saturated carbocycles. The lowest BCUT2D eigenvalue weighted by Crippen LogP contribution is -2.48. The second-order valence-electron chi connectivity index (χ2n) is 5.16. The number of halogens is 1. The smallest absolute Gasteiger partial charge is 0.253 e. The summed E-state index contributed by atoms with van der Waals surface area (Å²) in [5.41, 5.74) is 0.395. The largest absolute Gasteiger partial charge is 0.394 e. The van der Waals surface area contributed by atoms with E-state index in [1.54, 1.807) is 0 Å². The summed E-state index contributed by atoms with van der Waals surface area (Å²) < 4.78 is 0. The second kappa shape index (κ2) is 7.24. The molecule has 2 amide bonds. The van der Waals surface area contributed by atoms with Crippen LogP contribution in [-0.4, -0.2) is 70.2 Å². The fourth-order valence-corrected chi connectivity index (χ4v) is 2.44. The van der Waals surface area contributed by atoms with E-state index in [2.05, 4.69) is 5.32 Å². The van der Waals surface area contributed by atoms with Crippen molar-refractivity contribution in [3.8, 4) is 0 Å². The summed E-state index contributed by atoms with van der Waals surface area (Å²) in [4.78, 5) is 25.3. The van der Waals surface area contributed by atoms with E-state index < -0.39 is 36.7 Å². The Labute approximate surface area is 136 Å². The second-order valence-corrected chi connectivity index (χ2v) is 5.59. The first kappa shape index (κ1) is 17.6. The summed E-state index contributed by atoms with van der Waals surface area (Å²) in [7, 11) is 0. The minimum absolute atomic E-state index is 0.160. The molecule has 0 fully saturated rings. The number of anilines is 1. The maximum atomic E-state index is 12.2. The van der Waals surface area contributed by atoms with Crippen LogP contribution in [0.25, 0.3) is 0 Å². The molecule has 23 heavy (non-hydrogen) atoms. The van der Waals surface area contributed by atoms with Crippen molar-refractivity contribution in [1.82, 2.24) is 5.32 Å². The third kappa shape index (κ3) is 3.80. The van der Waals surface area contributed by atoms with Crippen molar-refractivity contribution in [2.45, 2.75) is 18.3 Å². The number of β-amino-alcohol motifs (C(OH)–C–C–N with tert-alkyl or cyclic N) is 1. The summed E-state index contributed by atoms with van der Waals surface area (Å²) in [6.07, 6.45) is -4.70. The molecule has 0 aliphatic carbocycles. The molecule has 9 heteroatoms. The molecule has 3 atom stereocenters. The zero-order valence-electron chi connectivity index (χ0n) is 12.0. The van der Waals surface area contributed by atoms with Gasteiger partial charge < -0.3 is 30.6 Å². The van der Waals surface area contributed by atoms with E-state index in [9.17, 15) is 24.9 Å². The quantitative estimate of drug-likeness (QED) is 0.441. The van der Waals surface area contributed by atoms with Gasteiger partial charge in [-0.2, -0.15) is 0 Å². The number of amides is 2. The summed E-state index contributed by atoms with van der Waals surface area (Å²) in [5, 5.41) is 40.6. The molecule has 0 aromatic heterocycles. The van der Waals surface area contributed by atoms with Crippen LogP contribution in [-0.2, 0) is 4.79 Å². The minimum atomic E-state index is -1.64. The summed E-state index contributed by atoms with van der Waals surface area (Å²) in [6.45, 7) is -1.38. The molecule has 1 heterocycles. The Balaban J connectivity index is 2.31. The van der Waals surface area contributed by atoms with Crippen LogP contribution in [0.5, 0.6) is 0 Å². The monoisotopic (exact) mass is 344 g/mol. The molecule has 8 nitrogen and oxygen atoms in total. The fraction of sp³-hybridized carbons (Fsp3) is 0.429. The van der Waals surface area contributed by atoms with Gasteiger partial charge in [0.25, 0.3) is 5.91 Å². The lowest BCUT2D eigenvalue weighted by molar-refractivity contribution is -0.118. The van der Waals surface area contributed by atoms with Crippen LogP contribution in [0.2, 0.25) is 5.02 Å². The highest BCUT2D eigenvalue weighted by molar-refractivity contribution is 6.31. The molecule has 1 aromatic rings. The molecule has 1 aliphatic heterocycles. The van der Waals surface area contributed by atoms with E-state index in [0.29, 0.717) is 5.02 Å². The standard InChI is InChI=1S/C14H17ClN2O6/c15-7-1-2-9-8(3-7)14(23)16-4-12(21)17(9)5-10(19)13(22)11(20)6-18/h1-3,10-11,13,18-20,22H,4-6H2,(H,16,23)/t10-,11+,13+/m0/s1. The van der Waals surface area contributed by atoms with Crippen LogP contribution in [0.3, 0.4) is 0 Å². The van der Waals surface area contributed by atoms with E-state index in [4.69, 9.17) is 16.7 Å². The van der Waals surface area contributed by atoms with Gasteiger partial charge in [-0.1, -0.05) is 11.6 Å². The van der Waals surface area contributed by atoms with Gasteiger partial charge in [0.1, 0.15) is 18.3 Å². The highest BCUT2D eigenvalue weighted by Crippen LogP contribution is 2.26. The van der Waals surface area contributed by atoms with Gasteiger partial charge in [-0.15, -0.1) is 0 Å². The number of benzene rings is 1. The van der Waals surface area contributed by atoms with Crippen molar-refractivity contribution in [2.75, 3.05) is 24.6 Å². The van der Waals surface area contributed by atoms with E-state index in [1.165, 1.54) is 18.2 Å². The van der Waals surface area contributed by atoms with Gasteiger partial charge in [-0.05, 0) is 18.2 Å².